The average Bonchev–Trinajstić information content (AvgIpc) is 2.33. The molecule has 2 heteroatoms. The first-order chi connectivity index (χ1) is 8.21. The van der Waals surface area contributed by atoms with Gasteiger partial charge in [0, 0.05) is 0 Å². The highest BCUT2D eigenvalue weighted by Crippen LogP contribution is 2.22. The van der Waals surface area contributed by atoms with Gasteiger partial charge in [0.25, 0.3) is 0 Å². The van der Waals surface area contributed by atoms with E-state index in [4.69, 9.17) is 10.5 Å². The fourth-order valence-corrected chi connectivity index (χ4v) is 1.93. The Balaban J connectivity index is 2.68. The fraction of sp³-hybridized carbons (Fsp3) is 0.600. The topological polar surface area (TPSA) is 35.2 Å². The molecule has 1 aromatic carbocycles. The molecular formula is C15H25NO. The first-order valence-corrected chi connectivity index (χ1v) is 6.63. The Hall–Kier alpha value is -1.02. The predicted octanol–water partition coefficient (Wildman–Crippen LogP) is 3.31. The van der Waals surface area contributed by atoms with Crippen LogP contribution in [0.1, 0.15) is 37.8 Å². The van der Waals surface area contributed by atoms with Crippen molar-refractivity contribution in [2.24, 2.45) is 11.7 Å². The van der Waals surface area contributed by atoms with Gasteiger partial charge in [0.2, 0.25) is 0 Å². The number of nitrogens with two attached hydrogens (primary N) is 1. The summed E-state index contributed by atoms with van der Waals surface area (Å²) in [7, 11) is 0. The van der Waals surface area contributed by atoms with Crippen LogP contribution in [0.3, 0.4) is 0 Å². The van der Waals surface area contributed by atoms with Crippen molar-refractivity contribution in [3.63, 3.8) is 0 Å². The molecule has 0 heterocycles. The summed E-state index contributed by atoms with van der Waals surface area (Å²) in [5, 5.41) is 0. The molecule has 2 N–H and O–H groups in total. The third-order valence-electron chi connectivity index (χ3n) is 3.26. The molecule has 96 valence electrons. The van der Waals surface area contributed by atoms with Crippen molar-refractivity contribution in [3.8, 4) is 5.75 Å². The lowest BCUT2D eigenvalue weighted by Gasteiger charge is -2.16. The molecule has 1 rings (SSSR count). The van der Waals surface area contributed by atoms with Crippen molar-refractivity contribution in [2.75, 3.05) is 13.2 Å². The third kappa shape index (κ3) is 4.39. The zero-order valence-corrected chi connectivity index (χ0v) is 11.3. The number of rotatable bonds is 7. The van der Waals surface area contributed by atoms with Gasteiger partial charge in [-0.05, 0) is 37.4 Å². The second kappa shape index (κ2) is 7.33. The lowest BCUT2D eigenvalue weighted by Crippen LogP contribution is -2.12. The molecule has 0 aliphatic rings. The molecule has 0 atom stereocenters. The number of ether oxygens (including phenoxy) is 1. The minimum Gasteiger partial charge on any atom is -0.493 e. The predicted molar refractivity (Wildman–Crippen MR) is 73.5 cm³/mol. The van der Waals surface area contributed by atoms with Gasteiger partial charge in [-0.3, -0.25) is 0 Å². The highest BCUT2D eigenvalue weighted by molar-refractivity contribution is 5.37. The Kier molecular flexibility index (Phi) is 6.06. The van der Waals surface area contributed by atoms with E-state index in [9.17, 15) is 0 Å². The second-order valence-electron chi connectivity index (χ2n) is 4.64. The van der Waals surface area contributed by atoms with Crippen LogP contribution in [0, 0.1) is 12.8 Å². The van der Waals surface area contributed by atoms with Crippen molar-refractivity contribution >= 4 is 0 Å². The normalized spacial score (nSPS) is 10.9. The van der Waals surface area contributed by atoms with Crippen LogP contribution in [-0.4, -0.2) is 13.2 Å². The van der Waals surface area contributed by atoms with Crippen LogP contribution >= 0.6 is 0 Å². The number of aryl methyl sites for hydroxylation is 1. The molecule has 0 aliphatic heterocycles. The minimum absolute atomic E-state index is 0.655. The minimum atomic E-state index is 0.655. The molecular weight excluding hydrogens is 210 g/mol. The molecule has 17 heavy (non-hydrogen) atoms. The molecule has 0 unspecified atom stereocenters. The smallest absolute Gasteiger partial charge is 0.122 e. The third-order valence-corrected chi connectivity index (χ3v) is 3.26. The van der Waals surface area contributed by atoms with Gasteiger partial charge in [-0.2, -0.15) is 0 Å². The molecule has 1 aromatic rings. The summed E-state index contributed by atoms with van der Waals surface area (Å²) in [5.74, 6) is 1.66. The Morgan fingerprint density at radius 1 is 1.24 bits per heavy atom. The molecule has 0 bridgehead atoms. The maximum Gasteiger partial charge on any atom is 0.122 e. The Labute approximate surface area is 105 Å². The van der Waals surface area contributed by atoms with Gasteiger partial charge in [0.05, 0.1) is 6.61 Å². The summed E-state index contributed by atoms with van der Waals surface area (Å²) in [6.07, 6.45) is 3.24. The quantitative estimate of drug-likeness (QED) is 0.787. The largest absolute Gasteiger partial charge is 0.493 e. The average molecular weight is 235 g/mol. The van der Waals surface area contributed by atoms with E-state index in [-0.39, 0.29) is 0 Å². The zero-order valence-electron chi connectivity index (χ0n) is 11.3. The van der Waals surface area contributed by atoms with Gasteiger partial charge in [-0.15, -0.1) is 0 Å². The van der Waals surface area contributed by atoms with E-state index in [1.54, 1.807) is 0 Å². The zero-order chi connectivity index (χ0) is 12.7. The highest BCUT2D eigenvalue weighted by atomic mass is 16.5. The lowest BCUT2D eigenvalue weighted by atomic mass is 10.0. The van der Waals surface area contributed by atoms with E-state index < -0.39 is 0 Å². The molecule has 0 amide bonds. The summed E-state index contributed by atoms with van der Waals surface area (Å²) >= 11 is 0. The summed E-state index contributed by atoms with van der Waals surface area (Å²) in [6, 6.07) is 6.35. The van der Waals surface area contributed by atoms with Gasteiger partial charge in [0.1, 0.15) is 5.75 Å². The van der Waals surface area contributed by atoms with E-state index >= 15 is 0 Å². The van der Waals surface area contributed by atoms with E-state index in [1.165, 1.54) is 24.0 Å². The van der Waals surface area contributed by atoms with E-state index in [0.717, 1.165) is 18.8 Å². The Morgan fingerprint density at radius 2 is 1.94 bits per heavy atom. The van der Waals surface area contributed by atoms with Crippen molar-refractivity contribution < 1.29 is 4.74 Å². The van der Waals surface area contributed by atoms with Crippen LogP contribution in [0.2, 0.25) is 0 Å². The van der Waals surface area contributed by atoms with Gasteiger partial charge < -0.3 is 10.5 Å². The first-order valence-electron chi connectivity index (χ1n) is 6.63. The molecule has 0 saturated heterocycles. The molecule has 2 nitrogen and oxygen atoms in total. The van der Waals surface area contributed by atoms with E-state index in [1.807, 2.05) is 0 Å². The number of hydrogen-bond acceptors (Lipinski definition) is 2. The van der Waals surface area contributed by atoms with E-state index in [0.29, 0.717) is 12.5 Å². The van der Waals surface area contributed by atoms with Crippen molar-refractivity contribution in [1.29, 1.82) is 0 Å². The van der Waals surface area contributed by atoms with E-state index in [2.05, 4.69) is 39.0 Å². The maximum absolute atomic E-state index is 5.93. The van der Waals surface area contributed by atoms with Gasteiger partial charge in [-0.1, -0.05) is 44.4 Å². The molecule has 0 fully saturated rings. The van der Waals surface area contributed by atoms with Gasteiger partial charge in [0.15, 0.2) is 0 Å². The molecule has 0 saturated carbocycles. The summed E-state index contributed by atoms with van der Waals surface area (Å²) < 4.78 is 5.93. The fourth-order valence-electron chi connectivity index (χ4n) is 1.93. The van der Waals surface area contributed by atoms with Crippen molar-refractivity contribution in [1.82, 2.24) is 0 Å². The Morgan fingerprint density at radius 3 is 2.53 bits per heavy atom. The van der Waals surface area contributed by atoms with Crippen LogP contribution in [0.5, 0.6) is 5.75 Å². The number of hydrogen-bond donors (Lipinski definition) is 1. The summed E-state index contributed by atoms with van der Waals surface area (Å²) in [6.45, 7) is 8.02. The Bertz CT molecular complexity index is 332. The van der Waals surface area contributed by atoms with Crippen LogP contribution in [0.4, 0.5) is 0 Å². The monoisotopic (exact) mass is 235 g/mol. The number of benzene rings is 1. The van der Waals surface area contributed by atoms with Crippen LogP contribution in [-0.2, 0) is 6.42 Å². The summed E-state index contributed by atoms with van der Waals surface area (Å²) in [4.78, 5) is 0. The molecule has 0 radical (unpaired) electrons. The SMILES string of the molecule is CCC(CC)COc1ccc(C)cc1CCN. The van der Waals surface area contributed by atoms with Crippen LogP contribution < -0.4 is 10.5 Å². The van der Waals surface area contributed by atoms with Crippen molar-refractivity contribution in [2.45, 2.75) is 40.0 Å². The van der Waals surface area contributed by atoms with Crippen molar-refractivity contribution in [3.05, 3.63) is 29.3 Å². The van der Waals surface area contributed by atoms with Crippen LogP contribution in [0.15, 0.2) is 18.2 Å². The lowest BCUT2D eigenvalue weighted by molar-refractivity contribution is 0.238. The molecule has 0 aromatic heterocycles. The highest BCUT2D eigenvalue weighted by Gasteiger charge is 2.07. The molecule has 0 aliphatic carbocycles. The van der Waals surface area contributed by atoms with Gasteiger partial charge >= 0.3 is 0 Å². The first kappa shape index (κ1) is 14.0. The molecule has 0 spiro atoms. The maximum atomic E-state index is 5.93. The van der Waals surface area contributed by atoms with Gasteiger partial charge in [-0.25, -0.2) is 0 Å². The summed E-state index contributed by atoms with van der Waals surface area (Å²) in [5.41, 5.74) is 8.13. The second-order valence-corrected chi connectivity index (χ2v) is 4.64. The standard InChI is InChI=1S/C15H25NO/c1-4-13(5-2)11-17-15-7-6-12(3)10-14(15)8-9-16/h6-7,10,13H,4-5,8-9,11,16H2,1-3H3. The van der Waals surface area contributed by atoms with Crippen LogP contribution in [0.25, 0.3) is 0 Å².